The topological polar surface area (TPSA) is 89.9 Å². The molecule has 1 aliphatic carbocycles. The lowest BCUT2D eigenvalue weighted by atomic mass is 9.98. The van der Waals surface area contributed by atoms with Gasteiger partial charge in [0, 0.05) is 24.2 Å². The average Bonchev–Trinajstić information content (AvgIpc) is 3.25. The minimum absolute atomic E-state index is 0. The zero-order valence-corrected chi connectivity index (χ0v) is 14.5. The van der Waals surface area contributed by atoms with E-state index in [-0.39, 0.29) is 24.4 Å². The number of amides is 1. The summed E-state index contributed by atoms with van der Waals surface area (Å²) >= 11 is 6.10. The van der Waals surface area contributed by atoms with Crippen LogP contribution in [0.2, 0.25) is 5.02 Å². The van der Waals surface area contributed by atoms with Crippen molar-refractivity contribution in [3.8, 4) is 5.69 Å². The fourth-order valence-electron chi connectivity index (χ4n) is 3.79. The van der Waals surface area contributed by atoms with E-state index in [0.717, 1.165) is 19.4 Å². The van der Waals surface area contributed by atoms with Gasteiger partial charge in [0.25, 0.3) is 5.91 Å². The number of hydrogen-bond acceptors (Lipinski definition) is 5. The lowest BCUT2D eigenvalue weighted by molar-refractivity contribution is 0.0779. The third kappa shape index (κ3) is 2.87. The third-order valence-corrected chi connectivity index (χ3v) is 5.22. The summed E-state index contributed by atoms with van der Waals surface area (Å²) in [6, 6.07) is 5.36. The Morgan fingerprint density at radius 2 is 2.12 bits per heavy atom. The van der Waals surface area contributed by atoms with Gasteiger partial charge >= 0.3 is 0 Å². The second-order valence-corrected chi connectivity index (χ2v) is 6.73. The number of fused-ring (bicyclic) bond motifs is 1. The number of halogens is 2. The quantitative estimate of drug-likeness (QED) is 0.868. The van der Waals surface area contributed by atoms with Crippen molar-refractivity contribution in [2.24, 2.45) is 17.6 Å². The minimum atomic E-state index is -0.0420. The Hall–Kier alpha value is -1.70. The molecule has 128 valence electrons. The first-order valence-corrected chi connectivity index (χ1v) is 8.09. The zero-order chi connectivity index (χ0) is 16.0. The Balaban J connectivity index is 0.00000169. The molecular formula is C15H18Cl2N6O. The molecule has 3 unspecified atom stereocenters. The third-order valence-electron chi connectivity index (χ3n) is 4.98. The number of carbonyl (C=O) groups is 1. The van der Waals surface area contributed by atoms with E-state index in [1.807, 2.05) is 4.90 Å². The average molecular weight is 369 g/mol. The first-order valence-electron chi connectivity index (χ1n) is 7.71. The Bertz CT molecular complexity index is 738. The highest BCUT2D eigenvalue weighted by atomic mass is 35.5. The van der Waals surface area contributed by atoms with Crippen LogP contribution in [0, 0.1) is 11.8 Å². The van der Waals surface area contributed by atoms with Crippen LogP contribution in [-0.2, 0) is 0 Å². The van der Waals surface area contributed by atoms with Gasteiger partial charge in [-0.25, -0.2) is 0 Å². The molecule has 2 aromatic rings. The van der Waals surface area contributed by atoms with Crippen LogP contribution in [0.3, 0.4) is 0 Å². The molecule has 1 saturated heterocycles. The van der Waals surface area contributed by atoms with Crippen molar-refractivity contribution in [2.75, 3.05) is 13.1 Å². The van der Waals surface area contributed by atoms with Crippen LogP contribution in [0.4, 0.5) is 0 Å². The van der Waals surface area contributed by atoms with Gasteiger partial charge in [-0.15, -0.1) is 17.5 Å². The van der Waals surface area contributed by atoms with E-state index >= 15 is 0 Å². The monoisotopic (exact) mass is 368 g/mol. The molecule has 1 aromatic carbocycles. The fourth-order valence-corrected chi connectivity index (χ4v) is 3.97. The number of aromatic nitrogens is 4. The predicted molar refractivity (Wildman–Crippen MR) is 91.5 cm³/mol. The largest absolute Gasteiger partial charge is 0.338 e. The molecular weight excluding hydrogens is 351 g/mol. The van der Waals surface area contributed by atoms with Crippen LogP contribution in [0.25, 0.3) is 5.69 Å². The van der Waals surface area contributed by atoms with E-state index < -0.39 is 0 Å². The SMILES string of the molecule is Cl.NC1CCC2CN(C(=O)c3cc(Cl)ccc3-n3cnnn3)CC12. The lowest BCUT2D eigenvalue weighted by Crippen LogP contribution is -2.34. The summed E-state index contributed by atoms with van der Waals surface area (Å²) in [6.07, 6.45) is 3.63. The second-order valence-electron chi connectivity index (χ2n) is 6.29. The molecule has 0 radical (unpaired) electrons. The number of benzene rings is 1. The van der Waals surface area contributed by atoms with Crippen LogP contribution < -0.4 is 5.73 Å². The first kappa shape index (κ1) is 17.1. The van der Waals surface area contributed by atoms with E-state index in [1.54, 1.807) is 18.2 Å². The maximum absolute atomic E-state index is 13.0. The highest BCUT2D eigenvalue weighted by Crippen LogP contribution is 2.38. The number of nitrogens with zero attached hydrogens (tertiary/aromatic N) is 5. The van der Waals surface area contributed by atoms with Gasteiger partial charge in [-0.2, -0.15) is 4.68 Å². The number of tetrazole rings is 1. The molecule has 1 aliphatic heterocycles. The highest BCUT2D eigenvalue weighted by molar-refractivity contribution is 6.31. The van der Waals surface area contributed by atoms with Crippen LogP contribution in [0.15, 0.2) is 24.5 Å². The molecule has 4 rings (SSSR count). The Morgan fingerprint density at radius 3 is 2.83 bits per heavy atom. The summed E-state index contributed by atoms with van der Waals surface area (Å²) < 4.78 is 1.48. The molecule has 3 atom stereocenters. The summed E-state index contributed by atoms with van der Waals surface area (Å²) in [5.74, 6) is 0.888. The predicted octanol–water partition coefficient (Wildman–Crippen LogP) is 1.55. The lowest BCUT2D eigenvalue weighted by Gasteiger charge is -2.20. The van der Waals surface area contributed by atoms with Gasteiger partial charge in [0.2, 0.25) is 0 Å². The van der Waals surface area contributed by atoms with Crippen molar-refractivity contribution in [1.82, 2.24) is 25.1 Å². The molecule has 2 N–H and O–H groups in total. The molecule has 7 nitrogen and oxygen atoms in total. The van der Waals surface area contributed by atoms with Gasteiger partial charge in [-0.1, -0.05) is 11.6 Å². The zero-order valence-electron chi connectivity index (χ0n) is 12.9. The number of nitrogens with two attached hydrogens (primary N) is 1. The van der Waals surface area contributed by atoms with E-state index in [1.165, 1.54) is 11.0 Å². The second kappa shape index (κ2) is 6.66. The van der Waals surface area contributed by atoms with E-state index in [9.17, 15) is 4.79 Å². The van der Waals surface area contributed by atoms with Gasteiger partial charge in [0.1, 0.15) is 6.33 Å². The molecule has 1 aromatic heterocycles. The Morgan fingerprint density at radius 1 is 1.29 bits per heavy atom. The number of likely N-dealkylation sites (tertiary alicyclic amines) is 1. The van der Waals surface area contributed by atoms with Gasteiger partial charge in [0.15, 0.2) is 0 Å². The molecule has 9 heteroatoms. The van der Waals surface area contributed by atoms with Crippen molar-refractivity contribution in [2.45, 2.75) is 18.9 Å². The van der Waals surface area contributed by atoms with Crippen molar-refractivity contribution in [3.63, 3.8) is 0 Å². The van der Waals surface area contributed by atoms with Crippen molar-refractivity contribution in [1.29, 1.82) is 0 Å². The highest BCUT2D eigenvalue weighted by Gasteiger charge is 2.42. The van der Waals surface area contributed by atoms with Crippen LogP contribution in [0.1, 0.15) is 23.2 Å². The smallest absolute Gasteiger partial charge is 0.256 e. The van der Waals surface area contributed by atoms with E-state index in [0.29, 0.717) is 34.7 Å². The molecule has 2 aliphatic rings. The summed E-state index contributed by atoms with van der Waals surface area (Å²) in [4.78, 5) is 14.9. The molecule has 0 spiro atoms. The molecule has 0 bridgehead atoms. The van der Waals surface area contributed by atoms with Crippen molar-refractivity contribution < 1.29 is 4.79 Å². The van der Waals surface area contributed by atoms with Gasteiger partial charge in [-0.05, 0) is 53.3 Å². The van der Waals surface area contributed by atoms with Crippen molar-refractivity contribution in [3.05, 3.63) is 35.1 Å². The Labute approximate surface area is 150 Å². The van der Waals surface area contributed by atoms with Crippen LogP contribution in [-0.4, -0.2) is 50.1 Å². The molecule has 24 heavy (non-hydrogen) atoms. The standard InChI is InChI=1S/C15H17ClN6O.ClH/c16-10-2-4-14(22-8-18-19-20-22)11(5-10)15(23)21-6-9-1-3-13(17)12(9)7-21;/h2,4-5,8-9,12-13H,1,3,6-7,17H2;1H. The van der Waals surface area contributed by atoms with Gasteiger partial charge < -0.3 is 10.6 Å². The van der Waals surface area contributed by atoms with E-state index in [2.05, 4.69) is 15.5 Å². The first-order chi connectivity index (χ1) is 11.1. The molecule has 1 saturated carbocycles. The molecule has 2 heterocycles. The normalized spacial score (nSPS) is 25.4. The Kier molecular flexibility index (Phi) is 4.76. The molecule has 1 amide bonds. The van der Waals surface area contributed by atoms with Crippen molar-refractivity contribution >= 4 is 29.9 Å². The minimum Gasteiger partial charge on any atom is -0.338 e. The summed E-state index contributed by atoms with van der Waals surface area (Å²) in [5, 5.41) is 11.7. The maximum Gasteiger partial charge on any atom is 0.256 e. The molecule has 2 fully saturated rings. The van der Waals surface area contributed by atoms with Crippen LogP contribution in [0.5, 0.6) is 0 Å². The number of carbonyl (C=O) groups excluding carboxylic acids is 1. The summed E-state index contributed by atoms with van der Waals surface area (Å²) in [6.45, 7) is 1.48. The number of hydrogen-bond donors (Lipinski definition) is 1. The fraction of sp³-hybridized carbons (Fsp3) is 0.467. The summed E-state index contributed by atoms with van der Waals surface area (Å²) in [5.41, 5.74) is 7.31. The number of rotatable bonds is 2. The van der Waals surface area contributed by atoms with E-state index in [4.69, 9.17) is 17.3 Å². The summed E-state index contributed by atoms with van der Waals surface area (Å²) in [7, 11) is 0. The van der Waals surface area contributed by atoms with Gasteiger partial charge in [0.05, 0.1) is 11.3 Å². The van der Waals surface area contributed by atoms with Crippen LogP contribution >= 0.6 is 24.0 Å². The maximum atomic E-state index is 13.0. The van der Waals surface area contributed by atoms with Gasteiger partial charge in [-0.3, -0.25) is 4.79 Å².